The Labute approximate surface area is 106 Å². The Morgan fingerprint density at radius 1 is 1.29 bits per heavy atom. The largest absolute Gasteiger partial charge is 0.310 e. The monoisotopic (exact) mass is 231 g/mol. The maximum absolute atomic E-state index is 3.72. The molecule has 0 aromatic heterocycles. The Morgan fingerprint density at radius 2 is 2.06 bits per heavy atom. The van der Waals surface area contributed by atoms with Gasteiger partial charge in [0.05, 0.1) is 0 Å². The smallest absolute Gasteiger partial charge is 0.0210 e. The van der Waals surface area contributed by atoms with E-state index in [2.05, 4.69) is 51.2 Å². The number of hydrogen-bond donors (Lipinski definition) is 1. The van der Waals surface area contributed by atoms with Crippen LogP contribution in [-0.4, -0.2) is 6.04 Å². The lowest BCUT2D eigenvalue weighted by Gasteiger charge is -2.18. The van der Waals surface area contributed by atoms with Crippen molar-refractivity contribution in [3.05, 3.63) is 34.9 Å². The number of nitrogens with one attached hydrogen (secondary N) is 1. The molecule has 1 fully saturated rings. The Morgan fingerprint density at radius 3 is 2.71 bits per heavy atom. The fourth-order valence-corrected chi connectivity index (χ4v) is 2.87. The highest BCUT2D eigenvalue weighted by atomic mass is 14.9. The zero-order valence-electron chi connectivity index (χ0n) is 11.6. The standard InChI is InChI=1S/C16H25N/c1-12-6-5-7-14(13(12)2)11-17-15-8-9-16(3,4)10-15/h5-7,15,17H,8-11H2,1-4H3. The second-order valence-electron chi connectivity index (χ2n) is 6.34. The molecule has 0 amide bonds. The number of benzene rings is 1. The summed E-state index contributed by atoms with van der Waals surface area (Å²) in [6, 6.07) is 7.31. The van der Waals surface area contributed by atoms with Crippen molar-refractivity contribution in [3.63, 3.8) is 0 Å². The molecule has 94 valence electrons. The van der Waals surface area contributed by atoms with Crippen molar-refractivity contribution in [2.75, 3.05) is 0 Å². The summed E-state index contributed by atoms with van der Waals surface area (Å²) in [4.78, 5) is 0. The van der Waals surface area contributed by atoms with Crippen molar-refractivity contribution < 1.29 is 0 Å². The highest BCUT2D eigenvalue weighted by Gasteiger charge is 2.30. The summed E-state index contributed by atoms with van der Waals surface area (Å²) in [6.45, 7) is 10.2. The van der Waals surface area contributed by atoms with Gasteiger partial charge >= 0.3 is 0 Å². The predicted octanol–water partition coefficient (Wildman–Crippen LogP) is 3.97. The molecule has 0 radical (unpaired) electrons. The molecular weight excluding hydrogens is 206 g/mol. The van der Waals surface area contributed by atoms with Crippen molar-refractivity contribution in [2.45, 2.75) is 59.5 Å². The van der Waals surface area contributed by atoms with E-state index >= 15 is 0 Å². The molecule has 0 saturated heterocycles. The molecule has 1 heteroatoms. The minimum Gasteiger partial charge on any atom is -0.310 e. The van der Waals surface area contributed by atoms with Crippen LogP contribution in [0, 0.1) is 19.3 Å². The molecule has 2 rings (SSSR count). The molecule has 1 aliphatic carbocycles. The third-order valence-electron chi connectivity index (χ3n) is 4.27. The Bertz CT molecular complexity index is 393. The van der Waals surface area contributed by atoms with Crippen molar-refractivity contribution in [3.8, 4) is 0 Å². The second-order valence-corrected chi connectivity index (χ2v) is 6.34. The van der Waals surface area contributed by atoms with Gasteiger partial charge in [0.2, 0.25) is 0 Å². The first-order chi connectivity index (χ1) is 7.98. The van der Waals surface area contributed by atoms with Crippen molar-refractivity contribution in [2.24, 2.45) is 5.41 Å². The van der Waals surface area contributed by atoms with Gasteiger partial charge in [-0.05, 0) is 55.2 Å². The minimum absolute atomic E-state index is 0.541. The topological polar surface area (TPSA) is 12.0 Å². The van der Waals surface area contributed by atoms with Crippen LogP contribution in [0.5, 0.6) is 0 Å². The van der Waals surface area contributed by atoms with Crippen LogP contribution >= 0.6 is 0 Å². The molecule has 1 atom stereocenters. The molecule has 1 saturated carbocycles. The Hall–Kier alpha value is -0.820. The van der Waals surface area contributed by atoms with E-state index < -0.39 is 0 Å². The first-order valence-corrected chi connectivity index (χ1v) is 6.76. The van der Waals surface area contributed by atoms with Gasteiger partial charge in [-0.25, -0.2) is 0 Å². The summed E-state index contributed by atoms with van der Waals surface area (Å²) >= 11 is 0. The van der Waals surface area contributed by atoms with E-state index in [-0.39, 0.29) is 0 Å². The van der Waals surface area contributed by atoms with E-state index in [9.17, 15) is 0 Å². The van der Waals surface area contributed by atoms with Gasteiger partial charge < -0.3 is 5.32 Å². The summed E-state index contributed by atoms with van der Waals surface area (Å²) in [5.41, 5.74) is 4.84. The van der Waals surface area contributed by atoms with Crippen LogP contribution in [0.1, 0.15) is 49.8 Å². The number of aryl methyl sites for hydroxylation is 1. The predicted molar refractivity (Wildman–Crippen MR) is 74.2 cm³/mol. The fourth-order valence-electron chi connectivity index (χ4n) is 2.87. The first kappa shape index (κ1) is 12.6. The average molecular weight is 231 g/mol. The van der Waals surface area contributed by atoms with Crippen molar-refractivity contribution in [1.82, 2.24) is 5.32 Å². The normalized spacial score (nSPS) is 22.9. The number of rotatable bonds is 3. The lowest BCUT2D eigenvalue weighted by molar-refractivity contribution is 0.364. The molecule has 1 aromatic rings. The van der Waals surface area contributed by atoms with Crippen LogP contribution in [0.3, 0.4) is 0 Å². The van der Waals surface area contributed by atoms with Gasteiger partial charge in [-0.15, -0.1) is 0 Å². The zero-order chi connectivity index (χ0) is 12.5. The molecule has 17 heavy (non-hydrogen) atoms. The molecule has 1 N–H and O–H groups in total. The highest BCUT2D eigenvalue weighted by molar-refractivity contribution is 5.32. The lowest BCUT2D eigenvalue weighted by atomic mass is 9.92. The maximum Gasteiger partial charge on any atom is 0.0210 e. The highest BCUT2D eigenvalue weighted by Crippen LogP contribution is 2.37. The SMILES string of the molecule is Cc1cccc(CNC2CCC(C)(C)C2)c1C. The molecule has 1 aromatic carbocycles. The minimum atomic E-state index is 0.541. The maximum atomic E-state index is 3.72. The molecule has 0 heterocycles. The third-order valence-corrected chi connectivity index (χ3v) is 4.27. The Balaban J connectivity index is 1.93. The Kier molecular flexibility index (Phi) is 3.58. The zero-order valence-corrected chi connectivity index (χ0v) is 11.6. The lowest BCUT2D eigenvalue weighted by Crippen LogP contribution is -2.27. The van der Waals surface area contributed by atoms with Crippen LogP contribution in [-0.2, 0) is 6.54 Å². The van der Waals surface area contributed by atoms with Gasteiger partial charge in [0.25, 0.3) is 0 Å². The van der Waals surface area contributed by atoms with E-state index in [0.29, 0.717) is 11.5 Å². The van der Waals surface area contributed by atoms with Crippen LogP contribution in [0.4, 0.5) is 0 Å². The molecule has 1 nitrogen and oxygen atoms in total. The molecule has 0 aliphatic heterocycles. The fraction of sp³-hybridized carbons (Fsp3) is 0.625. The summed E-state index contributed by atoms with van der Waals surface area (Å²) in [5, 5.41) is 3.72. The van der Waals surface area contributed by atoms with E-state index in [0.717, 1.165) is 6.54 Å². The van der Waals surface area contributed by atoms with Crippen LogP contribution in [0.2, 0.25) is 0 Å². The van der Waals surface area contributed by atoms with E-state index in [1.807, 2.05) is 0 Å². The summed E-state index contributed by atoms with van der Waals surface area (Å²) < 4.78 is 0. The summed E-state index contributed by atoms with van der Waals surface area (Å²) in [6.07, 6.45) is 4.01. The van der Waals surface area contributed by atoms with E-state index in [1.54, 1.807) is 0 Å². The van der Waals surface area contributed by atoms with Gasteiger partial charge in [0, 0.05) is 12.6 Å². The van der Waals surface area contributed by atoms with Crippen molar-refractivity contribution >= 4 is 0 Å². The molecule has 1 unspecified atom stereocenters. The van der Waals surface area contributed by atoms with E-state index in [1.165, 1.54) is 36.0 Å². The van der Waals surface area contributed by atoms with Crippen LogP contribution in [0.25, 0.3) is 0 Å². The van der Waals surface area contributed by atoms with Gasteiger partial charge in [0.15, 0.2) is 0 Å². The first-order valence-electron chi connectivity index (χ1n) is 6.76. The summed E-state index contributed by atoms with van der Waals surface area (Å²) in [5.74, 6) is 0. The second kappa shape index (κ2) is 4.81. The van der Waals surface area contributed by atoms with Gasteiger partial charge in [-0.2, -0.15) is 0 Å². The molecule has 1 aliphatic rings. The molecule has 0 spiro atoms. The summed E-state index contributed by atoms with van der Waals surface area (Å²) in [7, 11) is 0. The van der Waals surface area contributed by atoms with Crippen molar-refractivity contribution in [1.29, 1.82) is 0 Å². The number of hydrogen-bond acceptors (Lipinski definition) is 1. The molecular formula is C16H25N. The van der Waals surface area contributed by atoms with Gasteiger partial charge in [0.1, 0.15) is 0 Å². The van der Waals surface area contributed by atoms with Crippen LogP contribution < -0.4 is 5.32 Å². The van der Waals surface area contributed by atoms with E-state index in [4.69, 9.17) is 0 Å². The third kappa shape index (κ3) is 3.10. The molecule has 0 bridgehead atoms. The van der Waals surface area contributed by atoms with Gasteiger partial charge in [-0.3, -0.25) is 0 Å². The van der Waals surface area contributed by atoms with Crippen LogP contribution in [0.15, 0.2) is 18.2 Å². The van der Waals surface area contributed by atoms with Gasteiger partial charge in [-0.1, -0.05) is 32.0 Å². The average Bonchev–Trinajstić information content (AvgIpc) is 2.61. The quantitative estimate of drug-likeness (QED) is 0.830.